The molecule has 3 rings (SSSR count). The standard InChI is InChI=1S/C24H26N2O4S/c1-16(2)19-10-8-18(9-11-19)13-21-23(29)26(24(30)31-21)14-22(28)25-20(15-27)12-17-6-4-3-5-7-17/h3-11,13,16,20,27H,12,14-15H2,1-2H3,(H,25,28)/b21-13-. The molecule has 2 aromatic rings. The summed E-state index contributed by atoms with van der Waals surface area (Å²) in [4.78, 5) is 38.6. The molecule has 1 unspecified atom stereocenters. The van der Waals surface area contributed by atoms with Gasteiger partial charge in [0.2, 0.25) is 5.91 Å². The number of thioether (sulfide) groups is 1. The summed E-state index contributed by atoms with van der Waals surface area (Å²) in [5, 5.41) is 11.8. The number of rotatable bonds is 8. The highest BCUT2D eigenvalue weighted by Gasteiger charge is 2.36. The molecule has 1 fully saturated rings. The molecule has 1 heterocycles. The Balaban J connectivity index is 1.61. The second-order valence-corrected chi connectivity index (χ2v) is 8.72. The number of nitrogens with zero attached hydrogens (tertiary/aromatic N) is 1. The van der Waals surface area contributed by atoms with Crippen molar-refractivity contribution in [2.75, 3.05) is 13.2 Å². The molecule has 31 heavy (non-hydrogen) atoms. The lowest BCUT2D eigenvalue weighted by atomic mass is 10.0. The first-order valence-electron chi connectivity index (χ1n) is 10.2. The number of hydrogen-bond acceptors (Lipinski definition) is 5. The van der Waals surface area contributed by atoms with Gasteiger partial charge in [-0.25, -0.2) is 0 Å². The van der Waals surface area contributed by atoms with E-state index < -0.39 is 23.1 Å². The van der Waals surface area contributed by atoms with E-state index in [9.17, 15) is 19.5 Å². The van der Waals surface area contributed by atoms with Crippen LogP contribution in [0, 0.1) is 0 Å². The van der Waals surface area contributed by atoms with E-state index in [1.165, 1.54) is 5.56 Å². The van der Waals surface area contributed by atoms with E-state index in [-0.39, 0.29) is 18.1 Å². The lowest BCUT2D eigenvalue weighted by Gasteiger charge is -2.18. The molecule has 6 nitrogen and oxygen atoms in total. The summed E-state index contributed by atoms with van der Waals surface area (Å²) in [6, 6.07) is 16.8. The van der Waals surface area contributed by atoms with Crippen LogP contribution in [0.4, 0.5) is 4.79 Å². The zero-order chi connectivity index (χ0) is 22.4. The Hall–Kier alpha value is -2.90. The second-order valence-electron chi connectivity index (χ2n) is 7.73. The number of amides is 3. The lowest BCUT2D eigenvalue weighted by molar-refractivity contribution is -0.129. The third-order valence-corrected chi connectivity index (χ3v) is 5.89. The van der Waals surface area contributed by atoms with Crippen LogP contribution < -0.4 is 5.32 Å². The van der Waals surface area contributed by atoms with Crippen molar-refractivity contribution in [3.8, 4) is 0 Å². The van der Waals surface area contributed by atoms with E-state index in [1.807, 2.05) is 54.6 Å². The molecule has 0 radical (unpaired) electrons. The number of benzene rings is 2. The quantitative estimate of drug-likeness (QED) is 0.616. The highest BCUT2D eigenvalue weighted by atomic mass is 32.2. The maximum absolute atomic E-state index is 12.7. The second kappa shape index (κ2) is 10.4. The Morgan fingerprint density at radius 1 is 1.10 bits per heavy atom. The minimum Gasteiger partial charge on any atom is -0.394 e. The fourth-order valence-corrected chi connectivity index (χ4v) is 4.08. The van der Waals surface area contributed by atoms with Crippen molar-refractivity contribution in [1.29, 1.82) is 0 Å². The summed E-state index contributed by atoms with van der Waals surface area (Å²) >= 11 is 0.826. The van der Waals surface area contributed by atoms with Crippen LogP contribution >= 0.6 is 11.8 Å². The average molecular weight is 439 g/mol. The number of hydrogen-bond donors (Lipinski definition) is 2. The normalized spacial score (nSPS) is 16.3. The smallest absolute Gasteiger partial charge is 0.294 e. The highest BCUT2D eigenvalue weighted by Crippen LogP contribution is 2.32. The van der Waals surface area contributed by atoms with Gasteiger partial charge < -0.3 is 10.4 Å². The molecule has 1 aliphatic heterocycles. The predicted molar refractivity (Wildman–Crippen MR) is 122 cm³/mol. The number of aliphatic hydroxyl groups is 1. The van der Waals surface area contributed by atoms with Crippen LogP contribution in [0.5, 0.6) is 0 Å². The van der Waals surface area contributed by atoms with Crippen LogP contribution in [0.2, 0.25) is 0 Å². The monoisotopic (exact) mass is 438 g/mol. The molecule has 2 N–H and O–H groups in total. The maximum atomic E-state index is 12.7. The summed E-state index contributed by atoms with van der Waals surface area (Å²) < 4.78 is 0. The summed E-state index contributed by atoms with van der Waals surface area (Å²) in [5.74, 6) is -0.564. The van der Waals surface area contributed by atoms with Crippen LogP contribution in [-0.2, 0) is 16.0 Å². The van der Waals surface area contributed by atoms with Gasteiger partial charge in [-0.05, 0) is 46.9 Å². The molecule has 1 saturated heterocycles. The van der Waals surface area contributed by atoms with Gasteiger partial charge in [0.1, 0.15) is 6.54 Å². The zero-order valence-corrected chi connectivity index (χ0v) is 18.4. The SMILES string of the molecule is CC(C)c1ccc(/C=C2\SC(=O)N(CC(=O)NC(CO)Cc3ccccc3)C2=O)cc1. The summed E-state index contributed by atoms with van der Waals surface area (Å²) in [6.07, 6.45) is 2.12. The third kappa shape index (κ3) is 6.06. The fourth-order valence-electron chi connectivity index (χ4n) is 3.24. The van der Waals surface area contributed by atoms with Crippen LogP contribution in [0.15, 0.2) is 59.5 Å². The molecule has 3 amide bonds. The van der Waals surface area contributed by atoms with Gasteiger partial charge in [-0.3, -0.25) is 19.3 Å². The molecule has 0 aromatic heterocycles. The van der Waals surface area contributed by atoms with Gasteiger partial charge in [-0.2, -0.15) is 0 Å². The molecule has 0 aliphatic carbocycles. The van der Waals surface area contributed by atoms with Crippen LogP contribution in [0.25, 0.3) is 6.08 Å². The van der Waals surface area contributed by atoms with Gasteiger partial charge in [-0.15, -0.1) is 0 Å². The van der Waals surface area contributed by atoms with Gasteiger partial charge in [0.15, 0.2) is 0 Å². The Morgan fingerprint density at radius 3 is 2.39 bits per heavy atom. The number of carbonyl (C=O) groups excluding carboxylic acids is 3. The first-order valence-corrected chi connectivity index (χ1v) is 11.0. The van der Waals surface area contributed by atoms with Gasteiger partial charge >= 0.3 is 0 Å². The van der Waals surface area contributed by atoms with E-state index in [0.717, 1.165) is 27.8 Å². The van der Waals surface area contributed by atoms with Crippen molar-refractivity contribution in [3.63, 3.8) is 0 Å². The minimum atomic E-state index is -0.496. The topological polar surface area (TPSA) is 86.7 Å². The lowest BCUT2D eigenvalue weighted by Crippen LogP contribution is -2.45. The highest BCUT2D eigenvalue weighted by molar-refractivity contribution is 8.18. The Morgan fingerprint density at radius 2 is 1.77 bits per heavy atom. The van der Waals surface area contributed by atoms with E-state index in [0.29, 0.717) is 12.3 Å². The molecule has 162 valence electrons. The largest absolute Gasteiger partial charge is 0.394 e. The number of carbonyl (C=O) groups is 3. The van der Waals surface area contributed by atoms with Crippen molar-refractivity contribution < 1.29 is 19.5 Å². The van der Waals surface area contributed by atoms with Gasteiger partial charge in [0.05, 0.1) is 17.6 Å². The molecule has 1 atom stereocenters. The van der Waals surface area contributed by atoms with Crippen molar-refractivity contribution in [2.45, 2.75) is 32.2 Å². The molecule has 7 heteroatoms. The first kappa shape index (κ1) is 22.8. The first-order chi connectivity index (χ1) is 14.9. The molecule has 0 spiro atoms. The third-order valence-electron chi connectivity index (χ3n) is 4.99. The average Bonchev–Trinajstić information content (AvgIpc) is 3.01. The van der Waals surface area contributed by atoms with Gasteiger partial charge in [0.25, 0.3) is 11.1 Å². The number of nitrogens with one attached hydrogen (secondary N) is 1. The Labute approximate surface area is 186 Å². The number of imide groups is 1. The van der Waals surface area contributed by atoms with Crippen molar-refractivity contribution in [2.24, 2.45) is 0 Å². The maximum Gasteiger partial charge on any atom is 0.294 e. The molecule has 1 aliphatic rings. The Bertz CT molecular complexity index is 971. The zero-order valence-electron chi connectivity index (χ0n) is 17.6. The van der Waals surface area contributed by atoms with Crippen molar-refractivity contribution in [3.05, 3.63) is 76.2 Å². The van der Waals surface area contributed by atoms with E-state index in [4.69, 9.17) is 0 Å². The van der Waals surface area contributed by atoms with Crippen LogP contribution in [0.1, 0.15) is 36.5 Å². The minimum absolute atomic E-state index is 0.241. The van der Waals surface area contributed by atoms with E-state index in [2.05, 4.69) is 19.2 Å². The Kier molecular flexibility index (Phi) is 7.65. The number of aliphatic hydroxyl groups excluding tert-OH is 1. The summed E-state index contributed by atoms with van der Waals surface area (Å²) in [5.41, 5.74) is 2.98. The van der Waals surface area contributed by atoms with Gasteiger partial charge in [0, 0.05) is 0 Å². The van der Waals surface area contributed by atoms with Crippen LogP contribution in [0.3, 0.4) is 0 Å². The van der Waals surface area contributed by atoms with Crippen molar-refractivity contribution >= 4 is 34.9 Å². The summed E-state index contributed by atoms with van der Waals surface area (Å²) in [6.45, 7) is 3.59. The van der Waals surface area contributed by atoms with Crippen molar-refractivity contribution in [1.82, 2.24) is 10.2 Å². The van der Waals surface area contributed by atoms with E-state index >= 15 is 0 Å². The summed E-state index contributed by atoms with van der Waals surface area (Å²) in [7, 11) is 0. The fraction of sp³-hybridized carbons (Fsp3) is 0.292. The molecule has 0 saturated carbocycles. The predicted octanol–water partition coefficient (Wildman–Crippen LogP) is 3.57. The van der Waals surface area contributed by atoms with Gasteiger partial charge in [-0.1, -0.05) is 68.4 Å². The van der Waals surface area contributed by atoms with Crippen LogP contribution in [-0.4, -0.2) is 46.3 Å². The molecule has 2 aromatic carbocycles. The molecule has 0 bridgehead atoms. The van der Waals surface area contributed by atoms with E-state index in [1.54, 1.807) is 6.08 Å². The molecular formula is C24H26N2O4S. The molecular weight excluding hydrogens is 412 g/mol.